The van der Waals surface area contributed by atoms with Gasteiger partial charge in [0.05, 0.1) is 0 Å². The van der Waals surface area contributed by atoms with Crippen LogP contribution in [-0.4, -0.2) is 0 Å². The number of hydrogen-bond donors (Lipinski definition) is 0. The fraction of sp³-hybridized carbons (Fsp3) is 0.400. The summed E-state index contributed by atoms with van der Waals surface area (Å²) in [5.74, 6) is 0. The molecule has 0 N–H and O–H groups in total. The van der Waals surface area contributed by atoms with Crippen LogP contribution >= 0.6 is 0 Å². The molecule has 0 aliphatic heterocycles. The van der Waals surface area contributed by atoms with Gasteiger partial charge in [0, 0.05) is 0 Å². The van der Waals surface area contributed by atoms with E-state index in [0.29, 0.717) is 0 Å². The van der Waals surface area contributed by atoms with E-state index >= 15 is 0 Å². The van der Waals surface area contributed by atoms with Gasteiger partial charge in [0.1, 0.15) is 0 Å². The van der Waals surface area contributed by atoms with Crippen LogP contribution in [0.3, 0.4) is 0 Å². The fourth-order valence-electron chi connectivity index (χ4n) is 0.669. The van der Waals surface area contributed by atoms with Gasteiger partial charge in [-0.3, -0.25) is 0 Å². The predicted octanol–water partition coefficient (Wildman–Crippen LogP) is 3.48. The molecular formula is C10H16. The molecule has 56 valence electrons. The van der Waals surface area contributed by atoms with Crippen LogP contribution in [0, 0.1) is 0 Å². The standard InChI is InChI=1S/C10H16/c1-3-5-7-9-10-8-6-4-2/h3,5-8H,1,4,9-10H2,2H3/b7-5+,8-6-. The lowest BCUT2D eigenvalue weighted by Crippen LogP contribution is -1.63. The van der Waals surface area contributed by atoms with Crippen molar-refractivity contribution < 1.29 is 0 Å². The third-order valence-electron chi connectivity index (χ3n) is 1.17. The lowest BCUT2D eigenvalue weighted by atomic mass is 10.2. The summed E-state index contributed by atoms with van der Waals surface area (Å²) >= 11 is 0. The Balaban J connectivity index is 3.11. The molecule has 0 bridgehead atoms. The minimum absolute atomic E-state index is 1.13. The fourth-order valence-corrected chi connectivity index (χ4v) is 0.669. The average Bonchev–Trinajstić information content (AvgIpc) is 1.97. The molecule has 0 heteroatoms. The molecule has 0 rings (SSSR count). The summed E-state index contributed by atoms with van der Waals surface area (Å²) in [5.41, 5.74) is 0. The van der Waals surface area contributed by atoms with Crippen LogP contribution < -0.4 is 0 Å². The van der Waals surface area contributed by atoms with Crippen molar-refractivity contribution in [1.82, 2.24) is 0 Å². The third-order valence-corrected chi connectivity index (χ3v) is 1.17. The van der Waals surface area contributed by atoms with Crippen molar-refractivity contribution in [2.45, 2.75) is 26.2 Å². The highest BCUT2D eigenvalue weighted by molar-refractivity contribution is 4.98. The van der Waals surface area contributed by atoms with E-state index in [4.69, 9.17) is 0 Å². The molecule has 0 aromatic heterocycles. The zero-order chi connectivity index (χ0) is 7.66. The van der Waals surface area contributed by atoms with Gasteiger partial charge in [0.25, 0.3) is 0 Å². The third kappa shape index (κ3) is 7.22. The maximum absolute atomic E-state index is 3.59. The van der Waals surface area contributed by atoms with E-state index in [2.05, 4.69) is 31.7 Å². The van der Waals surface area contributed by atoms with Crippen molar-refractivity contribution in [1.29, 1.82) is 0 Å². The Morgan fingerprint density at radius 2 is 1.80 bits per heavy atom. The summed E-state index contributed by atoms with van der Waals surface area (Å²) in [6.07, 6.45) is 13.8. The smallest absolute Gasteiger partial charge is 0.0313 e. The van der Waals surface area contributed by atoms with Crippen molar-refractivity contribution in [3.05, 3.63) is 37.0 Å². The average molecular weight is 136 g/mol. The Morgan fingerprint density at radius 3 is 2.40 bits per heavy atom. The molecular weight excluding hydrogens is 120 g/mol. The van der Waals surface area contributed by atoms with Crippen molar-refractivity contribution in [3.8, 4) is 0 Å². The van der Waals surface area contributed by atoms with E-state index in [9.17, 15) is 0 Å². The second kappa shape index (κ2) is 8.22. The molecule has 0 radical (unpaired) electrons. The molecule has 0 fully saturated rings. The molecule has 0 aromatic rings. The van der Waals surface area contributed by atoms with Gasteiger partial charge in [-0.2, -0.15) is 0 Å². The Bertz CT molecular complexity index is 118. The van der Waals surface area contributed by atoms with Crippen LogP contribution in [0.25, 0.3) is 0 Å². The van der Waals surface area contributed by atoms with Gasteiger partial charge < -0.3 is 0 Å². The van der Waals surface area contributed by atoms with Gasteiger partial charge in [0.15, 0.2) is 0 Å². The van der Waals surface area contributed by atoms with Crippen LogP contribution in [-0.2, 0) is 0 Å². The first kappa shape index (κ1) is 9.22. The molecule has 10 heavy (non-hydrogen) atoms. The molecule has 0 aliphatic rings. The highest BCUT2D eigenvalue weighted by Crippen LogP contribution is 1.93. The highest BCUT2D eigenvalue weighted by Gasteiger charge is 1.73. The van der Waals surface area contributed by atoms with Gasteiger partial charge in [-0.1, -0.05) is 43.9 Å². The van der Waals surface area contributed by atoms with Crippen LogP contribution in [0.4, 0.5) is 0 Å². The molecule has 0 aromatic carbocycles. The molecule has 0 saturated heterocycles. The number of rotatable bonds is 5. The van der Waals surface area contributed by atoms with E-state index in [0.717, 1.165) is 19.3 Å². The van der Waals surface area contributed by atoms with Crippen LogP contribution in [0.15, 0.2) is 37.0 Å². The number of allylic oxidation sites excluding steroid dienone is 5. The maximum atomic E-state index is 3.59. The largest absolute Gasteiger partial charge is 0.0991 e. The minimum Gasteiger partial charge on any atom is -0.0991 e. The van der Waals surface area contributed by atoms with Crippen LogP contribution in [0.1, 0.15) is 26.2 Å². The second-order valence-electron chi connectivity index (χ2n) is 2.12. The van der Waals surface area contributed by atoms with Crippen molar-refractivity contribution in [2.24, 2.45) is 0 Å². The van der Waals surface area contributed by atoms with Gasteiger partial charge in [-0.15, -0.1) is 0 Å². The van der Waals surface area contributed by atoms with E-state index in [-0.39, 0.29) is 0 Å². The van der Waals surface area contributed by atoms with E-state index < -0.39 is 0 Å². The van der Waals surface area contributed by atoms with Crippen molar-refractivity contribution in [3.63, 3.8) is 0 Å². The Kier molecular flexibility index (Phi) is 7.58. The minimum atomic E-state index is 1.13. The molecule has 0 amide bonds. The summed E-state index contributed by atoms with van der Waals surface area (Å²) in [6.45, 7) is 5.74. The summed E-state index contributed by atoms with van der Waals surface area (Å²) in [5, 5.41) is 0. The van der Waals surface area contributed by atoms with Crippen LogP contribution in [0.5, 0.6) is 0 Å². The lowest BCUT2D eigenvalue weighted by molar-refractivity contribution is 1.04. The van der Waals surface area contributed by atoms with E-state index in [1.165, 1.54) is 0 Å². The Labute approximate surface area is 64.0 Å². The quantitative estimate of drug-likeness (QED) is 0.308. The summed E-state index contributed by atoms with van der Waals surface area (Å²) < 4.78 is 0. The summed E-state index contributed by atoms with van der Waals surface area (Å²) in [4.78, 5) is 0. The van der Waals surface area contributed by atoms with Gasteiger partial charge in [0.2, 0.25) is 0 Å². The number of unbranched alkanes of at least 4 members (excludes halogenated alkanes) is 1. The van der Waals surface area contributed by atoms with Crippen molar-refractivity contribution >= 4 is 0 Å². The Morgan fingerprint density at radius 1 is 1.10 bits per heavy atom. The normalized spacial score (nSPS) is 11.3. The number of hydrogen-bond acceptors (Lipinski definition) is 0. The first-order valence-electron chi connectivity index (χ1n) is 3.84. The van der Waals surface area contributed by atoms with Crippen LogP contribution in [0.2, 0.25) is 0 Å². The molecule has 0 aliphatic carbocycles. The maximum Gasteiger partial charge on any atom is -0.0313 e. The first-order valence-corrected chi connectivity index (χ1v) is 3.84. The molecule has 0 unspecified atom stereocenters. The molecule has 0 spiro atoms. The zero-order valence-electron chi connectivity index (χ0n) is 6.72. The predicted molar refractivity (Wildman–Crippen MR) is 48.0 cm³/mol. The van der Waals surface area contributed by atoms with Gasteiger partial charge in [-0.05, 0) is 19.3 Å². The molecule has 0 heterocycles. The molecule has 0 nitrogen and oxygen atoms in total. The second-order valence-corrected chi connectivity index (χ2v) is 2.12. The molecule has 0 atom stereocenters. The first-order chi connectivity index (χ1) is 4.91. The topological polar surface area (TPSA) is 0 Å². The zero-order valence-corrected chi connectivity index (χ0v) is 6.72. The monoisotopic (exact) mass is 136 g/mol. The van der Waals surface area contributed by atoms with Gasteiger partial charge >= 0.3 is 0 Å². The summed E-state index contributed by atoms with van der Waals surface area (Å²) in [6, 6.07) is 0. The van der Waals surface area contributed by atoms with E-state index in [1.54, 1.807) is 0 Å². The molecule has 0 saturated carbocycles. The Hall–Kier alpha value is -0.780. The lowest BCUT2D eigenvalue weighted by Gasteiger charge is -1.83. The summed E-state index contributed by atoms with van der Waals surface area (Å²) in [7, 11) is 0. The van der Waals surface area contributed by atoms with E-state index in [1.807, 2.05) is 12.2 Å². The SMILES string of the molecule is C=C/C=C/CC/C=C\CC. The van der Waals surface area contributed by atoms with Crippen molar-refractivity contribution in [2.75, 3.05) is 0 Å². The highest BCUT2D eigenvalue weighted by atomic mass is 13.8. The van der Waals surface area contributed by atoms with Gasteiger partial charge in [-0.25, -0.2) is 0 Å².